The molecule has 0 saturated heterocycles. The van der Waals surface area contributed by atoms with Crippen LogP contribution in [0.3, 0.4) is 0 Å². The summed E-state index contributed by atoms with van der Waals surface area (Å²) in [6, 6.07) is 9.74. The number of aromatic nitrogens is 1. The second-order valence-electron chi connectivity index (χ2n) is 6.12. The Kier molecular flexibility index (Phi) is 6.20. The Balaban J connectivity index is 1.77. The molecule has 1 amide bonds. The lowest BCUT2D eigenvalue weighted by Crippen LogP contribution is -2.12. The SMILES string of the molecule is CCS(=O)(=O)c1ccc(C(=O)Nc2ncc(S(=O)(=O)c3ccc([N+](=O)[O-])cc3)s2)cc1. The first-order valence-electron chi connectivity index (χ1n) is 8.64. The number of hydrogen-bond donors (Lipinski definition) is 1. The van der Waals surface area contributed by atoms with Crippen LogP contribution in [0.2, 0.25) is 0 Å². The van der Waals surface area contributed by atoms with Gasteiger partial charge < -0.3 is 0 Å². The van der Waals surface area contributed by atoms with Gasteiger partial charge >= 0.3 is 0 Å². The normalized spacial score (nSPS) is 11.8. The molecule has 1 aromatic heterocycles. The fourth-order valence-corrected chi connectivity index (χ4v) is 5.77. The Bertz CT molecular complexity index is 1350. The zero-order valence-electron chi connectivity index (χ0n) is 15.9. The van der Waals surface area contributed by atoms with Crippen LogP contribution in [0.25, 0.3) is 0 Å². The van der Waals surface area contributed by atoms with E-state index in [4.69, 9.17) is 0 Å². The summed E-state index contributed by atoms with van der Waals surface area (Å²) in [7, 11) is -7.36. The minimum atomic E-state index is -3.97. The molecule has 10 nitrogen and oxygen atoms in total. The average molecular weight is 482 g/mol. The maximum Gasteiger partial charge on any atom is 0.269 e. The molecule has 1 N–H and O–H groups in total. The highest BCUT2D eigenvalue weighted by atomic mass is 32.2. The van der Waals surface area contributed by atoms with Crippen LogP contribution < -0.4 is 5.32 Å². The minimum absolute atomic E-state index is 0.0238. The number of non-ortho nitro benzene ring substituents is 1. The Morgan fingerprint density at radius 3 is 2.16 bits per heavy atom. The maximum absolute atomic E-state index is 12.7. The molecule has 0 aliphatic carbocycles. The van der Waals surface area contributed by atoms with E-state index in [1.807, 2.05) is 0 Å². The summed E-state index contributed by atoms with van der Waals surface area (Å²) < 4.78 is 48.9. The first-order chi connectivity index (χ1) is 14.5. The first-order valence-corrected chi connectivity index (χ1v) is 12.6. The van der Waals surface area contributed by atoms with Crippen molar-refractivity contribution in [3.63, 3.8) is 0 Å². The van der Waals surface area contributed by atoms with Crippen LogP contribution in [0.4, 0.5) is 10.8 Å². The van der Waals surface area contributed by atoms with Gasteiger partial charge in [-0.2, -0.15) is 0 Å². The zero-order chi connectivity index (χ0) is 22.8. The third kappa shape index (κ3) is 4.78. The van der Waals surface area contributed by atoms with Gasteiger partial charge in [0.1, 0.15) is 4.21 Å². The summed E-state index contributed by atoms with van der Waals surface area (Å²) in [5.74, 6) is -0.655. The lowest BCUT2D eigenvalue weighted by Gasteiger charge is -2.04. The van der Waals surface area contributed by atoms with E-state index in [0.29, 0.717) is 0 Å². The van der Waals surface area contributed by atoms with Gasteiger partial charge in [-0.15, -0.1) is 0 Å². The van der Waals surface area contributed by atoms with Gasteiger partial charge in [-0.1, -0.05) is 18.3 Å². The van der Waals surface area contributed by atoms with E-state index in [1.54, 1.807) is 0 Å². The molecule has 0 saturated carbocycles. The Morgan fingerprint density at radius 2 is 1.61 bits per heavy atom. The molecule has 0 radical (unpaired) electrons. The number of carbonyl (C=O) groups excluding carboxylic acids is 1. The van der Waals surface area contributed by atoms with Crippen LogP contribution in [0.5, 0.6) is 0 Å². The van der Waals surface area contributed by atoms with Crippen molar-refractivity contribution < 1.29 is 26.6 Å². The smallest absolute Gasteiger partial charge is 0.269 e. The fraction of sp³-hybridized carbons (Fsp3) is 0.111. The summed E-state index contributed by atoms with van der Waals surface area (Å²) in [6.45, 7) is 1.51. The number of nitro groups is 1. The molecule has 1 heterocycles. The van der Waals surface area contributed by atoms with Crippen molar-refractivity contribution in [1.82, 2.24) is 4.98 Å². The highest BCUT2D eigenvalue weighted by Crippen LogP contribution is 2.29. The number of rotatable bonds is 7. The number of nitro benzene ring substituents is 1. The molecular formula is C18H15N3O7S3. The number of thiazole rings is 1. The van der Waals surface area contributed by atoms with Gasteiger partial charge in [0.15, 0.2) is 15.0 Å². The fourth-order valence-electron chi connectivity index (χ4n) is 2.45. The van der Waals surface area contributed by atoms with Crippen molar-refractivity contribution in [2.45, 2.75) is 20.9 Å². The average Bonchev–Trinajstić information content (AvgIpc) is 3.23. The van der Waals surface area contributed by atoms with E-state index >= 15 is 0 Å². The second-order valence-corrected chi connectivity index (χ2v) is 11.6. The first kappa shape index (κ1) is 22.5. The topological polar surface area (TPSA) is 153 Å². The van der Waals surface area contributed by atoms with Crippen molar-refractivity contribution in [3.8, 4) is 0 Å². The largest absolute Gasteiger partial charge is 0.298 e. The minimum Gasteiger partial charge on any atom is -0.298 e. The highest BCUT2D eigenvalue weighted by molar-refractivity contribution is 7.93. The van der Waals surface area contributed by atoms with Crippen LogP contribution in [0.15, 0.2) is 68.7 Å². The number of benzene rings is 2. The third-order valence-electron chi connectivity index (χ3n) is 4.18. The summed E-state index contributed by atoms with van der Waals surface area (Å²) in [6.07, 6.45) is 1.08. The molecule has 162 valence electrons. The molecule has 0 spiro atoms. The lowest BCUT2D eigenvalue weighted by molar-refractivity contribution is -0.384. The number of sulfone groups is 2. The predicted molar refractivity (Wildman–Crippen MR) is 113 cm³/mol. The molecule has 0 atom stereocenters. The van der Waals surface area contributed by atoms with Crippen LogP contribution in [0, 0.1) is 10.1 Å². The molecule has 3 aromatic rings. The molecule has 0 bridgehead atoms. The lowest BCUT2D eigenvalue weighted by atomic mass is 10.2. The third-order valence-corrected chi connectivity index (χ3v) is 9.08. The van der Waals surface area contributed by atoms with Crippen LogP contribution in [-0.2, 0) is 19.7 Å². The molecular weight excluding hydrogens is 466 g/mol. The van der Waals surface area contributed by atoms with Crippen molar-refractivity contribution in [3.05, 3.63) is 70.4 Å². The predicted octanol–water partition coefficient (Wildman–Crippen LogP) is 2.93. The van der Waals surface area contributed by atoms with Gasteiger partial charge in [-0.05, 0) is 36.4 Å². The highest BCUT2D eigenvalue weighted by Gasteiger charge is 2.23. The molecule has 0 aliphatic rings. The van der Waals surface area contributed by atoms with Gasteiger partial charge in [0.25, 0.3) is 11.6 Å². The quantitative estimate of drug-likeness (QED) is 0.399. The summed E-state index contributed by atoms with van der Waals surface area (Å²) in [5, 5.41) is 13.2. The number of nitrogens with zero attached hydrogens (tertiary/aromatic N) is 2. The van der Waals surface area contributed by atoms with E-state index < -0.39 is 30.5 Å². The van der Waals surface area contributed by atoms with Crippen LogP contribution >= 0.6 is 11.3 Å². The van der Waals surface area contributed by atoms with Gasteiger partial charge in [0.2, 0.25) is 9.84 Å². The zero-order valence-corrected chi connectivity index (χ0v) is 18.3. The number of amides is 1. The molecule has 3 rings (SSSR count). The number of carbonyl (C=O) groups is 1. The number of anilines is 1. The van der Waals surface area contributed by atoms with E-state index in [0.717, 1.165) is 41.8 Å². The number of hydrogen-bond acceptors (Lipinski definition) is 9. The van der Waals surface area contributed by atoms with Crippen molar-refractivity contribution in [2.24, 2.45) is 0 Å². The van der Waals surface area contributed by atoms with Crippen molar-refractivity contribution in [1.29, 1.82) is 0 Å². The Hall–Kier alpha value is -3.16. The van der Waals surface area contributed by atoms with Crippen LogP contribution in [0.1, 0.15) is 17.3 Å². The summed E-state index contributed by atoms with van der Waals surface area (Å²) in [5.41, 5.74) is -0.0704. The second kappa shape index (κ2) is 8.53. The van der Waals surface area contributed by atoms with Gasteiger partial charge in [0.05, 0.1) is 26.7 Å². The maximum atomic E-state index is 12.7. The number of nitrogens with one attached hydrogen (secondary N) is 1. The summed E-state index contributed by atoms with van der Waals surface area (Å²) >= 11 is 0.718. The Morgan fingerprint density at radius 1 is 1.03 bits per heavy atom. The molecule has 2 aromatic carbocycles. The molecule has 31 heavy (non-hydrogen) atoms. The standard InChI is InChI=1S/C18H15N3O7S3/c1-2-30(25,26)14-7-3-12(4-8-14)17(22)20-18-19-11-16(29-18)31(27,28)15-9-5-13(6-10-15)21(23)24/h3-11H,2H2,1H3,(H,19,20,22). The molecule has 0 unspecified atom stereocenters. The molecule has 13 heteroatoms. The van der Waals surface area contributed by atoms with E-state index in [1.165, 1.54) is 31.2 Å². The van der Waals surface area contributed by atoms with Crippen molar-refractivity contribution >= 4 is 47.7 Å². The van der Waals surface area contributed by atoms with E-state index in [2.05, 4.69) is 10.3 Å². The van der Waals surface area contributed by atoms with Gasteiger partial charge in [-0.25, -0.2) is 21.8 Å². The Labute approximate surface area is 181 Å². The van der Waals surface area contributed by atoms with Gasteiger partial charge in [-0.3, -0.25) is 20.2 Å². The molecule has 0 fully saturated rings. The molecule has 0 aliphatic heterocycles. The van der Waals surface area contributed by atoms with Crippen LogP contribution in [-0.4, -0.2) is 38.4 Å². The van der Waals surface area contributed by atoms with E-state index in [9.17, 15) is 31.7 Å². The van der Waals surface area contributed by atoms with E-state index in [-0.39, 0.29) is 36.1 Å². The van der Waals surface area contributed by atoms with Crippen molar-refractivity contribution in [2.75, 3.05) is 11.1 Å². The van der Waals surface area contributed by atoms with Gasteiger partial charge in [0, 0.05) is 17.7 Å². The summed E-state index contributed by atoms with van der Waals surface area (Å²) in [4.78, 5) is 26.3. The monoisotopic (exact) mass is 481 g/mol.